The summed E-state index contributed by atoms with van der Waals surface area (Å²) in [7, 11) is 1.64. The van der Waals surface area contributed by atoms with Crippen molar-refractivity contribution in [2.24, 2.45) is 0 Å². The molecule has 6 heteroatoms. The van der Waals surface area contributed by atoms with Gasteiger partial charge in [-0.2, -0.15) is 0 Å². The molecular formula is C21H26N2O4. The Morgan fingerprint density at radius 3 is 2.63 bits per heavy atom. The first-order chi connectivity index (χ1) is 13.0. The zero-order valence-corrected chi connectivity index (χ0v) is 16.0. The number of rotatable bonds is 6. The molecule has 0 fully saturated rings. The first-order valence-corrected chi connectivity index (χ1v) is 9.13. The van der Waals surface area contributed by atoms with E-state index in [-0.39, 0.29) is 18.2 Å². The van der Waals surface area contributed by atoms with E-state index in [2.05, 4.69) is 10.6 Å². The van der Waals surface area contributed by atoms with Crippen molar-refractivity contribution in [3.8, 4) is 17.2 Å². The van der Waals surface area contributed by atoms with Crippen molar-refractivity contribution in [2.45, 2.75) is 39.0 Å². The molecule has 27 heavy (non-hydrogen) atoms. The van der Waals surface area contributed by atoms with Crippen LogP contribution in [0.2, 0.25) is 0 Å². The summed E-state index contributed by atoms with van der Waals surface area (Å²) in [5.41, 5.74) is 2.04. The Balaban J connectivity index is 1.48. The van der Waals surface area contributed by atoms with E-state index in [4.69, 9.17) is 14.2 Å². The molecule has 144 valence electrons. The van der Waals surface area contributed by atoms with Gasteiger partial charge in [0.15, 0.2) is 0 Å². The van der Waals surface area contributed by atoms with Gasteiger partial charge in [0.25, 0.3) is 0 Å². The Kier molecular flexibility index (Phi) is 6.06. The number of amides is 2. The third-order valence-electron chi connectivity index (χ3n) is 4.26. The molecule has 0 aromatic heterocycles. The predicted molar refractivity (Wildman–Crippen MR) is 104 cm³/mol. The minimum Gasteiger partial charge on any atom is -0.497 e. The van der Waals surface area contributed by atoms with Crippen molar-refractivity contribution < 1.29 is 19.0 Å². The van der Waals surface area contributed by atoms with E-state index in [1.54, 1.807) is 7.11 Å². The summed E-state index contributed by atoms with van der Waals surface area (Å²) in [6, 6.07) is 13.1. The van der Waals surface area contributed by atoms with Crippen molar-refractivity contribution in [1.82, 2.24) is 10.6 Å². The number of hydrogen-bond donors (Lipinski definition) is 2. The van der Waals surface area contributed by atoms with E-state index in [0.717, 1.165) is 28.4 Å². The van der Waals surface area contributed by atoms with Gasteiger partial charge < -0.3 is 24.8 Å². The first kappa shape index (κ1) is 18.9. The second kappa shape index (κ2) is 8.66. The molecule has 0 spiro atoms. The standard InChI is InChI=1S/C21H26N2O4/c1-14(2)27-18-6-4-15(5-7-18)12-22-21(24)23-17-10-16-11-19(25-3)8-9-20(16)26-13-17/h4-9,11,14,17H,10,12-13H2,1-3H3,(H2,22,23,24). The number of nitrogens with one attached hydrogen (secondary N) is 2. The van der Waals surface area contributed by atoms with Gasteiger partial charge in [-0.3, -0.25) is 0 Å². The lowest BCUT2D eigenvalue weighted by atomic mass is 10.0. The predicted octanol–water partition coefficient (Wildman–Crippen LogP) is 3.29. The smallest absolute Gasteiger partial charge is 0.315 e. The summed E-state index contributed by atoms with van der Waals surface area (Å²) in [6.45, 7) is 4.88. The van der Waals surface area contributed by atoms with E-state index in [1.807, 2.05) is 56.3 Å². The number of carbonyl (C=O) groups excluding carboxylic acids is 1. The van der Waals surface area contributed by atoms with Gasteiger partial charge in [-0.05, 0) is 61.7 Å². The summed E-state index contributed by atoms with van der Waals surface area (Å²) >= 11 is 0. The van der Waals surface area contributed by atoms with Crippen LogP contribution in [0.15, 0.2) is 42.5 Å². The topological polar surface area (TPSA) is 68.8 Å². The maximum Gasteiger partial charge on any atom is 0.315 e. The highest BCUT2D eigenvalue weighted by Gasteiger charge is 2.21. The molecule has 0 bridgehead atoms. The number of urea groups is 1. The van der Waals surface area contributed by atoms with Crippen LogP contribution in [0.4, 0.5) is 4.79 Å². The van der Waals surface area contributed by atoms with E-state index in [1.165, 1.54) is 0 Å². The lowest BCUT2D eigenvalue weighted by molar-refractivity contribution is 0.214. The zero-order chi connectivity index (χ0) is 19.2. The summed E-state index contributed by atoms with van der Waals surface area (Å²) < 4.78 is 16.6. The van der Waals surface area contributed by atoms with E-state index in [9.17, 15) is 4.79 Å². The van der Waals surface area contributed by atoms with E-state index < -0.39 is 0 Å². The van der Waals surface area contributed by atoms with Crippen molar-refractivity contribution in [3.05, 3.63) is 53.6 Å². The fourth-order valence-electron chi connectivity index (χ4n) is 2.97. The number of ether oxygens (including phenoxy) is 3. The van der Waals surface area contributed by atoms with E-state index >= 15 is 0 Å². The molecule has 0 saturated carbocycles. The van der Waals surface area contributed by atoms with Crippen LogP contribution in [0.3, 0.4) is 0 Å². The number of hydrogen-bond acceptors (Lipinski definition) is 4. The average Bonchev–Trinajstić information content (AvgIpc) is 2.66. The third-order valence-corrected chi connectivity index (χ3v) is 4.26. The van der Waals surface area contributed by atoms with Crippen LogP contribution in [0.5, 0.6) is 17.2 Å². The highest BCUT2D eigenvalue weighted by molar-refractivity contribution is 5.74. The van der Waals surface area contributed by atoms with Crippen LogP contribution < -0.4 is 24.8 Å². The Labute approximate surface area is 159 Å². The van der Waals surface area contributed by atoms with Crippen LogP contribution in [0.25, 0.3) is 0 Å². The molecule has 3 rings (SSSR count). The Hall–Kier alpha value is -2.89. The molecule has 1 atom stereocenters. The highest BCUT2D eigenvalue weighted by Crippen LogP contribution is 2.28. The molecule has 0 aliphatic carbocycles. The lowest BCUT2D eigenvalue weighted by Crippen LogP contribution is -2.47. The number of carbonyl (C=O) groups is 1. The maximum absolute atomic E-state index is 12.2. The minimum atomic E-state index is -0.211. The van der Waals surface area contributed by atoms with Crippen LogP contribution >= 0.6 is 0 Å². The molecule has 0 radical (unpaired) electrons. The van der Waals surface area contributed by atoms with Crippen LogP contribution in [-0.2, 0) is 13.0 Å². The molecule has 2 aromatic carbocycles. The Morgan fingerprint density at radius 1 is 1.19 bits per heavy atom. The molecule has 6 nitrogen and oxygen atoms in total. The van der Waals surface area contributed by atoms with Gasteiger partial charge in [-0.15, -0.1) is 0 Å². The van der Waals surface area contributed by atoms with Crippen LogP contribution in [-0.4, -0.2) is 31.9 Å². The van der Waals surface area contributed by atoms with Crippen molar-refractivity contribution >= 4 is 6.03 Å². The monoisotopic (exact) mass is 370 g/mol. The first-order valence-electron chi connectivity index (χ1n) is 9.13. The van der Waals surface area contributed by atoms with Gasteiger partial charge in [0.05, 0.1) is 19.3 Å². The van der Waals surface area contributed by atoms with Gasteiger partial charge in [0.2, 0.25) is 0 Å². The van der Waals surface area contributed by atoms with Crippen LogP contribution in [0.1, 0.15) is 25.0 Å². The molecule has 2 amide bonds. The normalized spacial score (nSPS) is 15.5. The largest absolute Gasteiger partial charge is 0.497 e. The molecule has 2 aromatic rings. The lowest BCUT2D eigenvalue weighted by Gasteiger charge is -2.26. The Morgan fingerprint density at radius 2 is 1.93 bits per heavy atom. The summed E-state index contributed by atoms with van der Waals surface area (Å²) in [5, 5.41) is 5.85. The maximum atomic E-state index is 12.2. The van der Waals surface area contributed by atoms with Gasteiger partial charge in [0, 0.05) is 6.54 Å². The fourth-order valence-corrected chi connectivity index (χ4v) is 2.97. The SMILES string of the molecule is COc1ccc2c(c1)CC(NC(=O)NCc1ccc(OC(C)C)cc1)CO2. The number of fused-ring (bicyclic) bond motifs is 1. The second-order valence-corrected chi connectivity index (χ2v) is 6.82. The number of benzene rings is 2. The average molecular weight is 370 g/mol. The summed E-state index contributed by atoms with van der Waals surface area (Å²) in [5.74, 6) is 2.46. The van der Waals surface area contributed by atoms with Crippen LogP contribution in [0, 0.1) is 0 Å². The second-order valence-electron chi connectivity index (χ2n) is 6.82. The van der Waals surface area contributed by atoms with Crippen molar-refractivity contribution in [3.63, 3.8) is 0 Å². The quantitative estimate of drug-likeness (QED) is 0.819. The molecule has 1 aliphatic rings. The molecule has 2 N–H and O–H groups in total. The molecule has 1 aliphatic heterocycles. The van der Waals surface area contributed by atoms with Crippen molar-refractivity contribution in [1.29, 1.82) is 0 Å². The molecular weight excluding hydrogens is 344 g/mol. The van der Waals surface area contributed by atoms with Gasteiger partial charge >= 0.3 is 6.03 Å². The highest BCUT2D eigenvalue weighted by atomic mass is 16.5. The molecule has 1 heterocycles. The minimum absolute atomic E-state index is 0.0774. The van der Waals surface area contributed by atoms with Gasteiger partial charge in [0.1, 0.15) is 23.9 Å². The molecule has 0 saturated heterocycles. The molecule has 1 unspecified atom stereocenters. The zero-order valence-electron chi connectivity index (χ0n) is 16.0. The summed E-state index contributed by atoms with van der Waals surface area (Å²) in [4.78, 5) is 12.2. The van der Waals surface area contributed by atoms with E-state index in [0.29, 0.717) is 19.6 Å². The third kappa shape index (κ3) is 5.29. The fraction of sp³-hybridized carbons (Fsp3) is 0.381. The van der Waals surface area contributed by atoms with Crippen molar-refractivity contribution in [2.75, 3.05) is 13.7 Å². The summed E-state index contributed by atoms with van der Waals surface area (Å²) in [6.07, 6.45) is 0.851. The number of methoxy groups -OCH3 is 1. The Bertz CT molecular complexity index is 774. The van der Waals surface area contributed by atoms with Gasteiger partial charge in [-0.1, -0.05) is 12.1 Å². The van der Waals surface area contributed by atoms with Gasteiger partial charge in [-0.25, -0.2) is 4.79 Å².